The van der Waals surface area contributed by atoms with Crippen molar-refractivity contribution >= 4 is 28.3 Å². The second kappa shape index (κ2) is 6.49. The maximum Gasteiger partial charge on any atom is 0.202 e. The summed E-state index contributed by atoms with van der Waals surface area (Å²) in [5, 5.41) is 14.8. The average Bonchev–Trinajstić information content (AvgIpc) is 2.85. The van der Waals surface area contributed by atoms with Crippen LogP contribution in [0.2, 0.25) is 5.02 Å². The number of nitrogens with one attached hydrogen (secondary N) is 1. The van der Waals surface area contributed by atoms with Gasteiger partial charge in [-0.3, -0.25) is 0 Å². The van der Waals surface area contributed by atoms with E-state index in [-0.39, 0.29) is 0 Å². The normalized spacial score (nSPS) is 14.0. The molecule has 5 nitrogen and oxygen atoms in total. The van der Waals surface area contributed by atoms with E-state index in [9.17, 15) is 5.11 Å². The lowest BCUT2D eigenvalue weighted by molar-refractivity contribution is 0.0715. The van der Waals surface area contributed by atoms with Crippen LogP contribution in [-0.2, 0) is 16.9 Å². The van der Waals surface area contributed by atoms with Crippen LogP contribution in [0.25, 0.3) is 0 Å². The van der Waals surface area contributed by atoms with Gasteiger partial charge in [-0.2, -0.15) is 4.37 Å². The van der Waals surface area contributed by atoms with Gasteiger partial charge in [-0.15, -0.1) is 0 Å². The van der Waals surface area contributed by atoms with Crippen LogP contribution in [-0.4, -0.2) is 28.1 Å². The minimum atomic E-state index is -1.04. The molecule has 0 spiro atoms. The van der Waals surface area contributed by atoms with Crippen molar-refractivity contribution in [3.8, 4) is 0 Å². The average molecular weight is 314 g/mol. The van der Waals surface area contributed by atoms with Crippen molar-refractivity contribution in [3.63, 3.8) is 0 Å². The molecule has 0 amide bonds. The van der Waals surface area contributed by atoms with Crippen LogP contribution in [0.4, 0.5) is 5.13 Å². The Morgan fingerprint density at radius 2 is 2.30 bits per heavy atom. The highest BCUT2D eigenvalue weighted by atomic mass is 35.5. The number of nitrogens with zero attached hydrogens (tertiary/aromatic N) is 2. The first-order valence-corrected chi connectivity index (χ1v) is 7.20. The van der Waals surface area contributed by atoms with Crippen LogP contribution in [0.1, 0.15) is 18.3 Å². The molecule has 2 aromatic rings. The molecule has 20 heavy (non-hydrogen) atoms. The first kappa shape index (κ1) is 15.2. The lowest BCUT2D eigenvalue weighted by atomic mass is 9.96. The molecule has 2 N–H and O–H groups in total. The summed E-state index contributed by atoms with van der Waals surface area (Å²) in [4.78, 5) is 4.25. The third kappa shape index (κ3) is 3.89. The zero-order valence-corrected chi connectivity index (χ0v) is 12.8. The van der Waals surface area contributed by atoms with Gasteiger partial charge in [0.25, 0.3) is 0 Å². The lowest BCUT2D eigenvalue weighted by Gasteiger charge is -2.24. The topological polar surface area (TPSA) is 67.3 Å². The molecule has 2 rings (SSSR count). The molecule has 1 unspecified atom stereocenters. The zero-order valence-electron chi connectivity index (χ0n) is 11.3. The molecule has 1 heterocycles. The molecule has 0 saturated carbocycles. The van der Waals surface area contributed by atoms with Crippen LogP contribution >= 0.6 is 23.1 Å². The molecule has 0 aliphatic rings. The molecule has 7 heteroatoms. The number of rotatable bonds is 6. The Morgan fingerprint density at radius 1 is 1.50 bits per heavy atom. The minimum Gasteiger partial charge on any atom is -0.384 e. The lowest BCUT2D eigenvalue weighted by Crippen LogP contribution is -2.30. The number of halogens is 1. The molecule has 1 atom stereocenters. The van der Waals surface area contributed by atoms with Crippen molar-refractivity contribution in [1.82, 2.24) is 9.36 Å². The number of methoxy groups -OCH3 is 1. The predicted molar refractivity (Wildman–Crippen MR) is 80.1 cm³/mol. The Kier molecular flexibility index (Phi) is 4.93. The standard InChI is InChI=1S/C13H16ClN3O2S/c1-13(18,9-4-3-5-10(14)6-9)8-15-12-16-11(7-19-2)17-20-12/h3-6,18H,7-8H2,1-2H3,(H,15,16,17). The van der Waals surface area contributed by atoms with Crippen LogP contribution in [0.3, 0.4) is 0 Å². The number of benzene rings is 1. The highest BCUT2D eigenvalue weighted by Gasteiger charge is 2.23. The Morgan fingerprint density at radius 3 is 3.00 bits per heavy atom. The fraction of sp³-hybridized carbons (Fsp3) is 0.385. The Bertz CT molecular complexity index is 574. The van der Waals surface area contributed by atoms with E-state index < -0.39 is 5.60 Å². The minimum absolute atomic E-state index is 0.314. The van der Waals surface area contributed by atoms with Gasteiger partial charge >= 0.3 is 0 Å². The fourth-order valence-electron chi connectivity index (χ4n) is 1.69. The van der Waals surface area contributed by atoms with Crippen LogP contribution in [0, 0.1) is 0 Å². The number of hydrogen-bond donors (Lipinski definition) is 2. The number of ether oxygens (including phenoxy) is 1. The molecule has 0 aliphatic heterocycles. The molecule has 108 valence electrons. The molecule has 0 saturated heterocycles. The molecular formula is C13H16ClN3O2S. The number of aromatic nitrogens is 2. The summed E-state index contributed by atoms with van der Waals surface area (Å²) >= 11 is 7.18. The van der Waals surface area contributed by atoms with Gasteiger partial charge in [-0.25, -0.2) is 4.98 Å². The van der Waals surface area contributed by atoms with Crippen LogP contribution < -0.4 is 5.32 Å². The fourth-order valence-corrected chi connectivity index (χ4v) is 2.45. The largest absolute Gasteiger partial charge is 0.384 e. The van der Waals surface area contributed by atoms with E-state index >= 15 is 0 Å². The molecular weight excluding hydrogens is 298 g/mol. The maximum atomic E-state index is 10.5. The van der Waals surface area contributed by atoms with Gasteiger partial charge in [-0.05, 0) is 24.6 Å². The zero-order chi connectivity index (χ0) is 14.6. The third-order valence-corrected chi connectivity index (χ3v) is 3.72. The monoisotopic (exact) mass is 313 g/mol. The van der Waals surface area contributed by atoms with E-state index in [2.05, 4.69) is 14.7 Å². The number of anilines is 1. The summed E-state index contributed by atoms with van der Waals surface area (Å²) in [7, 11) is 1.60. The molecule has 1 aromatic carbocycles. The smallest absolute Gasteiger partial charge is 0.202 e. The second-order valence-electron chi connectivity index (χ2n) is 4.59. The van der Waals surface area contributed by atoms with E-state index in [1.165, 1.54) is 11.5 Å². The van der Waals surface area contributed by atoms with Gasteiger partial charge in [-0.1, -0.05) is 23.7 Å². The van der Waals surface area contributed by atoms with Gasteiger partial charge in [0, 0.05) is 30.2 Å². The van der Waals surface area contributed by atoms with E-state index in [4.69, 9.17) is 16.3 Å². The van der Waals surface area contributed by atoms with Gasteiger partial charge in [0.2, 0.25) is 5.13 Å². The van der Waals surface area contributed by atoms with Crippen molar-refractivity contribution in [1.29, 1.82) is 0 Å². The molecule has 0 fully saturated rings. The summed E-state index contributed by atoms with van der Waals surface area (Å²) in [5.41, 5.74) is -0.294. The van der Waals surface area contributed by atoms with Gasteiger partial charge < -0.3 is 15.2 Å². The van der Waals surface area contributed by atoms with Crippen molar-refractivity contribution in [2.24, 2.45) is 0 Å². The first-order chi connectivity index (χ1) is 9.51. The SMILES string of the molecule is COCc1nsc(NCC(C)(O)c2cccc(Cl)c2)n1. The summed E-state index contributed by atoms with van der Waals surface area (Å²) in [5.74, 6) is 0.627. The van der Waals surface area contributed by atoms with E-state index in [1.54, 1.807) is 26.2 Å². The molecule has 0 radical (unpaired) electrons. The quantitative estimate of drug-likeness (QED) is 0.858. The van der Waals surface area contributed by atoms with Crippen molar-refractivity contribution in [2.75, 3.05) is 19.0 Å². The van der Waals surface area contributed by atoms with Gasteiger partial charge in [0.1, 0.15) is 12.2 Å². The molecule has 0 bridgehead atoms. The summed E-state index contributed by atoms with van der Waals surface area (Å²) in [6.45, 7) is 2.42. The highest BCUT2D eigenvalue weighted by Crippen LogP contribution is 2.24. The summed E-state index contributed by atoms with van der Waals surface area (Å²) in [6, 6.07) is 7.17. The van der Waals surface area contributed by atoms with Gasteiger partial charge in [0.05, 0.1) is 0 Å². The van der Waals surface area contributed by atoms with Gasteiger partial charge in [0.15, 0.2) is 5.82 Å². The van der Waals surface area contributed by atoms with Crippen molar-refractivity contribution in [3.05, 3.63) is 40.7 Å². The molecule has 1 aromatic heterocycles. The Labute approximate surface area is 126 Å². The molecule has 0 aliphatic carbocycles. The Balaban J connectivity index is 2.01. The summed E-state index contributed by atoms with van der Waals surface area (Å²) < 4.78 is 9.09. The number of aliphatic hydroxyl groups is 1. The predicted octanol–water partition coefficient (Wildman–Crippen LogP) is 2.66. The third-order valence-electron chi connectivity index (χ3n) is 2.77. The summed E-state index contributed by atoms with van der Waals surface area (Å²) in [6.07, 6.45) is 0. The van der Waals surface area contributed by atoms with Crippen molar-refractivity contribution in [2.45, 2.75) is 19.1 Å². The second-order valence-corrected chi connectivity index (χ2v) is 5.77. The van der Waals surface area contributed by atoms with Crippen LogP contribution in [0.15, 0.2) is 24.3 Å². The highest BCUT2D eigenvalue weighted by molar-refractivity contribution is 7.09. The maximum absolute atomic E-state index is 10.5. The van der Waals surface area contributed by atoms with E-state index in [1.807, 2.05) is 12.1 Å². The van der Waals surface area contributed by atoms with Crippen LogP contribution in [0.5, 0.6) is 0 Å². The number of hydrogen-bond acceptors (Lipinski definition) is 6. The Hall–Kier alpha value is -1.21. The first-order valence-electron chi connectivity index (χ1n) is 6.05. The van der Waals surface area contributed by atoms with E-state index in [0.29, 0.717) is 29.1 Å². The van der Waals surface area contributed by atoms with E-state index in [0.717, 1.165) is 5.56 Å². The van der Waals surface area contributed by atoms with Crippen molar-refractivity contribution < 1.29 is 9.84 Å².